The van der Waals surface area contributed by atoms with E-state index < -0.39 is 5.60 Å². The van der Waals surface area contributed by atoms with E-state index in [1.165, 1.54) is 25.3 Å². The van der Waals surface area contributed by atoms with Gasteiger partial charge in [-0.3, -0.25) is 9.79 Å². The molecule has 0 spiro atoms. The standard InChI is InChI=1S/C11H13BrFN.C7H14O2.C5H10/c1-4-7(2)14-10-6-5-9(13)11(12)8(10)3;1-4-6(8)5-7(2,3)9;1-5-3-2-4-5/h5-6H,4H2,1-3H3;9H,4-5H2,1-3H3;5H,2-4H2,1H3. The normalized spacial score (nSPS) is 14.3. The second-order valence-electron chi connectivity index (χ2n) is 8.12. The van der Waals surface area contributed by atoms with Crippen LogP contribution in [0.25, 0.3) is 0 Å². The van der Waals surface area contributed by atoms with E-state index in [-0.39, 0.29) is 18.0 Å². The Morgan fingerprint density at radius 2 is 1.82 bits per heavy atom. The Morgan fingerprint density at radius 1 is 1.29 bits per heavy atom. The average molecular weight is 458 g/mol. The topological polar surface area (TPSA) is 49.7 Å². The van der Waals surface area contributed by atoms with Gasteiger partial charge in [-0.25, -0.2) is 4.39 Å². The van der Waals surface area contributed by atoms with Gasteiger partial charge in [-0.15, -0.1) is 0 Å². The molecular formula is C23H37BrFNO2. The van der Waals surface area contributed by atoms with Crippen molar-refractivity contribution in [2.24, 2.45) is 10.9 Å². The highest BCUT2D eigenvalue weighted by Gasteiger charge is 2.15. The van der Waals surface area contributed by atoms with Crippen molar-refractivity contribution in [2.75, 3.05) is 0 Å². The van der Waals surface area contributed by atoms with Crippen molar-refractivity contribution in [1.82, 2.24) is 0 Å². The number of hydrogen-bond acceptors (Lipinski definition) is 3. The van der Waals surface area contributed by atoms with Crippen molar-refractivity contribution in [2.45, 2.75) is 92.6 Å². The van der Waals surface area contributed by atoms with E-state index >= 15 is 0 Å². The van der Waals surface area contributed by atoms with Gasteiger partial charge in [0.1, 0.15) is 11.6 Å². The van der Waals surface area contributed by atoms with E-state index in [0.29, 0.717) is 10.9 Å². The molecule has 1 aromatic carbocycles. The molecule has 0 amide bonds. The number of Topliss-reactive ketones (excluding diaryl/α,β-unsaturated/α-hetero) is 1. The second-order valence-corrected chi connectivity index (χ2v) is 8.92. The molecule has 3 nitrogen and oxygen atoms in total. The predicted octanol–water partition coefficient (Wildman–Crippen LogP) is 7.33. The van der Waals surface area contributed by atoms with E-state index in [1.54, 1.807) is 26.8 Å². The summed E-state index contributed by atoms with van der Waals surface area (Å²) in [6, 6.07) is 3.13. The molecule has 1 saturated carbocycles. The number of halogens is 2. The number of aliphatic hydroxyl groups is 1. The summed E-state index contributed by atoms with van der Waals surface area (Å²) in [5.74, 6) is 0.938. The van der Waals surface area contributed by atoms with Crippen molar-refractivity contribution in [3.8, 4) is 0 Å². The Balaban J connectivity index is 0.000000442. The van der Waals surface area contributed by atoms with Crippen molar-refractivity contribution in [1.29, 1.82) is 0 Å². The summed E-state index contributed by atoms with van der Waals surface area (Å²) >= 11 is 3.20. The summed E-state index contributed by atoms with van der Waals surface area (Å²) in [6.07, 6.45) is 6.16. The highest BCUT2D eigenvalue weighted by molar-refractivity contribution is 9.10. The lowest BCUT2D eigenvalue weighted by Gasteiger charge is -2.18. The van der Waals surface area contributed by atoms with E-state index in [9.17, 15) is 9.18 Å². The average Bonchev–Trinajstić information content (AvgIpc) is 2.60. The number of benzene rings is 1. The lowest BCUT2D eigenvalue weighted by Crippen LogP contribution is -2.22. The van der Waals surface area contributed by atoms with E-state index in [4.69, 9.17) is 5.11 Å². The molecule has 0 heterocycles. The fourth-order valence-corrected chi connectivity index (χ4v) is 2.60. The molecule has 28 heavy (non-hydrogen) atoms. The summed E-state index contributed by atoms with van der Waals surface area (Å²) in [7, 11) is 0. The maximum Gasteiger partial charge on any atom is 0.137 e. The van der Waals surface area contributed by atoms with Crippen LogP contribution in [0.1, 0.15) is 85.6 Å². The van der Waals surface area contributed by atoms with E-state index in [0.717, 1.165) is 29.3 Å². The molecule has 1 N–H and O–H groups in total. The summed E-state index contributed by atoms with van der Waals surface area (Å²) < 4.78 is 13.6. The first-order valence-corrected chi connectivity index (χ1v) is 10.9. The van der Waals surface area contributed by atoms with Crippen LogP contribution in [0, 0.1) is 18.7 Å². The molecule has 1 aromatic rings. The Kier molecular flexibility index (Phi) is 12.7. The number of aliphatic imine (C=N–C) groups is 1. The molecule has 0 saturated heterocycles. The first kappa shape index (κ1) is 26.9. The van der Waals surface area contributed by atoms with Gasteiger partial charge in [-0.2, -0.15) is 0 Å². The Bertz CT molecular complexity index is 647. The van der Waals surface area contributed by atoms with Gasteiger partial charge in [-0.1, -0.05) is 40.0 Å². The third kappa shape index (κ3) is 11.7. The van der Waals surface area contributed by atoms with Gasteiger partial charge in [0.2, 0.25) is 0 Å². The molecular weight excluding hydrogens is 421 g/mol. The number of carbonyl (C=O) groups is 1. The molecule has 1 fully saturated rings. The largest absolute Gasteiger partial charge is 0.390 e. The molecule has 0 unspecified atom stereocenters. The Morgan fingerprint density at radius 3 is 2.14 bits per heavy atom. The maximum absolute atomic E-state index is 13.1. The van der Waals surface area contributed by atoms with Crippen LogP contribution in [0.2, 0.25) is 0 Å². The quantitative estimate of drug-likeness (QED) is 0.470. The number of carbonyl (C=O) groups excluding carboxylic acids is 1. The highest BCUT2D eigenvalue weighted by atomic mass is 79.9. The molecule has 1 aliphatic carbocycles. The van der Waals surface area contributed by atoms with Gasteiger partial charge in [0.15, 0.2) is 0 Å². The van der Waals surface area contributed by atoms with Gasteiger partial charge in [0.25, 0.3) is 0 Å². The minimum Gasteiger partial charge on any atom is -0.390 e. The fourth-order valence-electron chi connectivity index (χ4n) is 2.27. The summed E-state index contributed by atoms with van der Waals surface area (Å²) in [5, 5.41) is 9.10. The van der Waals surface area contributed by atoms with Gasteiger partial charge in [-0.05, 0) is 73.7 Å². The number of ketones is 1. The molecule has 2 rings (SSSR count). The Hall–Kier alpha value is -1.07. The van der Waals surface area contributed by atoms with Crippen LogP contribution in [0.4, 0.5) is 10.1 Å². The van der Waals surface area contributed by atoms with Crippen molar-refractivity contribution < 1.29 is 14.3 Å². The SMILES string of the molecule is CC1CCC1.CCC(=O)CC(C)(C)O.CCC(C)=Nc1ccc(F)c(Br)c1C. The number of nitrogens with zero attached hydrogens (tertiary/aromatic N) is 1. The second kappa shape index (κ2) is 13.2. The summed E-state index contributed by atoms with van der Waals surface area (Å²) in [5.41, 5.74) is 1.90. The molecule has 0 aliphatic heterocycles. The van der Waals surface area contributed by atoms with Crippen molar-refractivity contribution >= 4 is 33.1 Å². The molecule has 1 aliphatic rings. The van der Waals surface area contributed by atoms with Gasteiger partial charge >= 0.3 is 0 Å². The van der Waals surface area contributed by atoms with E-state index in [2.05, 4.69) is 27.8 Å². The van der Waals surface area contributed by atoms with Crippen LogP contribution in [0.5, 0.6) is 0 Å². The minimum absolute atomic E-state index is 0.113. The molecule has 0 aromatic heterocycles. The molecule has 160 valence electrons. The highest BCUT2D eigenvalue weighted by Crippen LogP contribution is 2.29. The van der Waals surface area contributed by atoms with Crippen LogP contribution in [0.15, 0.2) is 21.6 Å². The first-order valence-electron chi connectivity index (χ1n) is 10.1. The van der Waals surface area contributed by atoms with Gasteiger partial charge in [0.05, 0.1) is 15.8 Å². The zero-order valence-electron chi connectivity index (χ0n) is 18.5. The van der Waals surface area contributed by atoms with Gasteiger partial charge < -0.3 is 5.11 Å². The van der Waals surface area contributed by atoms with Crippen LogP contribution in [-0.2, 0) is 4.79 Å². The molecule has 0 atom stereocenters. The zero-order valence-corrected chi connectivity index (χ0v) is 20.1. The fraction of sp³-hybridized carbons (Fsp3) is 0.652. The summed E-state index contributed by atoms with van der Waals surface area (Å²) in [6.45, 7) is 13.3. The molecule has 0 bridgehead atoms. The number of hydrogen-bond donors (Lipinski definition) is 1. The number of rotatable bonds is 5. The van der Waals surface area contributed by atoms with Crippen molar-refractivity contribution in [3.63, 3.8) is 0 Å². The Labute approximate surface area is 179 Å². The van der Waals surface area contributed by atoms with E-state index in [1.807, 2.05) is 20.8 Å². The summed E-state index contributed by atoms with van der Waals surface area (Å²) in [4.78, 5) is 15.1. The molecule has 0 radical (unpaired) electrons. The van der Waals surface area contributed by atoms with Crippen LogP contribution >= 0.6 is 15.9 Å². The predicted molar refractivity (Wildman–Crippen MR) is 121 cm³/mol. The third-order valence-corrected chi connectivity index (χ3v) is 5.53. The van der Waals surface area contributed by atoms with Crippen LogP contribution in [0.3, 0.4) is 0 Å². The first-order chi connectivity index (χ1) is 12.9. The van der Waals surface area contributed by atoms with Crippen LogP contribution in [-0.4, -0.2) is 22.2 Å². The molecule has 5 heteroatoms. The maximum atomic E-state index is 13.1. The monoisotopic (exact) mass is 457 g/mol. The third-order valence-electron chi connectivity index (χ3n) is 4.55. The minimum atomic E-state index is -0.826. The lowest BCUT2D eigenvalue weighted by molar-refractivity contribution is -0.122. The smallest absolute Gasteiger partial charge is 0.137 e. The zero-order chi connectivity index (χ0) is 21.9. The van der Waals surface area contributed by atoms with Crippen LogP contribution < -0.4 is 0 Å². The van der Waals surface area contributed by atoms with Gasteiger partial charge in [0, 0.05) is 18.6 Å². The van der Waals surface area contributed by atoms with Crippen molar-refractivity contribution in [3.05, 3.63) is 28.0 Å². The lowest BCUT2D eigenvalue weighted by atomic mass is 9.88.